The summed E-state index contributed by atoms with van der Waals surface area (Å²) in [5.74, 6) is -0.181. The predicted molar refractivity (Wildman–Crippen MR) is 80.7 cm³/mol. The highest BCUT2D eigenvalue weighted by atomic mass is 79.9. The van der Waals surface area contributed by atoms with Crippen LogP contribution < -0.4 is 0 Å². The maximum Gasteiger partial charge on any atom is 0.128 e. The Balaban J connectivity index is 2.28. The highest BCUT2D eigenvalue weighted by molar-refractivity contribution is 9.11. The molecule has 0 nitrogen and oxygen atoms in total. The van der Waals surface area contributed by atoms with Crippen LogP contribution in [-0.4, -0.2) is 0 Å². The molecule has 2 aromatic carbocycles. The molecule has 0 aliphatic heterocycles. The molecule has 3 heteroatoms. The Hall–Kier alpha value is -0.670. The summed E-state index contributed by atoms with van der Waals surface area (Å²) in [6, 6.07) is 13.2. The van der Waals surface area contributed by atoms with E-state index in [0.29, 0.717) is 5.56 Å². The van der Waals surface area contributed by atoms with Crippen LogP contribution in [0.4, 0.5) is 4.39 Å². The van der Waals surface area contributed by atoms with Crippen molar-refractivity contribution in [3.05, 3.63) is 69.4 Å². The van der Waals surface area contributed by atoms with Crippen molar-refractivity contribution in [1.29, 1.82) is 0 Å². The van der Waals surface area contributed by atoms with E-state index in [-0.39, 0.29) is 10.6 Å². The Morgan fingerprint density at radius 3 is 2.50 bits per heavy atom. The molecule has 2 aromatic rings. The van der Waals surface area contributed by atoms with Crippen molar-refractivity contribution in [3.63, 3.8) is 0 Å². The van der Waals surface area contributed by atoms with E-state index < -0.39 is 0 Å². The molecule has 0 radical (unpaired) electrons. The van der Waals surface area contributed by atoms with Gasteiger partial charge in [-0.1, -0.05) is 62.2 Å². The molecule has 0 saturated carbocycles. The third-order valence-corrected chi connectivity index (χ3v) is 4.45. The fourth-order valence-electron chi connectivity index (χ4n) is 1.94. The van der Waals surface area contributed by atoms with Crippen LogP contribution in [0.1, 0.15) is 21.5 Å². The zero-order chi connectivity index (χ0) is 13.1. The number of rotatable bonds is 3. The van der Waals surface area contributed by atoms with Crippen molar-refractivity contribution in [1.82, 2.24) is 0 Å². The molecule has 94 valence electrons. The van der Waals surface area contributed by atoms with Crippen LogP contribution in [0.5, 0.6) is 0 Å². The van der Waals surface area contributed by atoms with Gasteiger partial charge in [0.15, 0.2) is 0 Å². The van der Waals surface area contributed by atoms with Gasteiger partial charge in [0.1, 0.15) is 5.82 Å². The molecule has 0 bridgehead atoms. The lowest BCUT2D eigenvalue weighted by atomic mass is 10.0. The molecule has 0 aromatic heterocycles. The predicted octanol–water partition coefficient (Wildman–Crippen LogP) is 5.58. The van der Waals surface area contributed by atoms with Gasteiger partial charge in [0.2, 0.25) is 0 Å². The van der Waals surface area contributed by atoms with Gasteiger partial charge in [-0.05, 0) is 36.6 Å². The Kier molecular flexibility index (Phi) is 4.57. The number of hydrogen-bond acceptors (Lipinski definition) is 0. The minimum atomic E-state index is -0.181. The molecule has 1 atom stereocenters. The van der Waals surface area contributed by atoms with E-state index >= 15 is 0 Å². The highest BCUT2D eigenvalue weighted by Crippen LogP contribution is 2.34. The van der Waals surface area contributed by atoms with E-state index in [1.54, 1.807) is 6.07 Å². The Morgan fingerprint density at radius 2 is 1.83 bits per heavy atom. The van der Waals surface area contributed by atoms with Crippen molar-refractivity contribution < 1.29 is 4.39 Å². The first-order chi connectivity index (χ1) is 8.59. The first kappa shape index (κ1) is 13.8. The Labute approximate surface area is 123 Å². The van der Waals surface area contributed by atoms with Gasteiger partial charge in [-0.2, -0.15) is 0 Å². The van der Waals surface area contributed by atoms with E-state index in [4.69, 9.17) is 0 Å². The fraction of sp³-hybridized carbons (Fsp3) is 0.200. The third kappa shape index (κ3) is 3.01. The molecule has 2 rings (SSSR count). The van der Waals surface area contributed by atoms with Crippen molar-refractivity contribution >= 4 is 31.9 Å². The maximum atomic E-state index is 13.8. The van der Waals surface area contributed by atoms with Gasteiger partial charge in [-0.3, -0.25) is 0 Å². The minimum Gasteiger partial charge on any atom is -0.207 e. The molecule has 0 amide bonds. The standard InChI is InChI=1S/C15H13Br2F/c1-10-5-2-3-6-11(10)9-13(17)15-12(16)7-4-8-14(15)18/h2-8,13H,9H2,1H3. The molecular weight excluding hydrogens is 359 g/mol. The van der Waals surface area contributed by atoms with Crippen molar-refractivity contribution in [2.24, 2.45) is 0 Å². The first-order valence-corrected chi connectivity index (χ1v) is 7.43. The zero-order valence-electron chi connectivity index (χ0n) is 9.96. The zero-order valence-corrected chi connectivity index (χ0v) is 13.1. The van der Waals surface area contributed by atoms with E-state index in [1.165, 1.54) is 17.2 Å². The Morgan fingerprint density at radius 1 is 1.11 bits per heavy atom. The number of benzene rings is 2. The van der Waals surface area contributed by atoms with Crippen LogP contribution >= 0.6 is 31.9 Å². The first-order valence-electron chi connectivity index (χ1n) is 5.72. The average Bonchev–Trinajstić information content (AvgIpc) is 2.32. The summed E-state index contributed by atoms with van der Waals surface area (Å²) in [7, 11) is 0. The maximum absolute atomic E-state index is 13.8. The Bertz CT molecular complexity index is 532. The molecular formula is C15H13Br2F. The second kappa shape index (κ2) is 5.98. The van der Waals surface area contributed by atoms with E-state index in [1.807, 2.05) is 18.2 Å². The number of alkyl halides is 1. The lowest BCUT2D eigenvalue weighted by Crippen LogP contribution is -2.01. The lowest BCUT2D eigenvalue weighted by Gasteiger charge is -2.14. The number of aryl methyl sites for hydroxylation is 1. The van der Waals surface area contributed by atoms with Crippen molar-refractivity contribution in [2.75, 3.05) is 0 Å². The average molecular weight is 372 g/mol. The normalized spacial score (nSPS) is 12.4. The quantitative estimate of drug-likeness (QED) is 0.618. The highest BCUT2D eigenvalue weighted by Gasteiger charge is 2.17. The summed E-state index contributed by atoms with van der Waals surface area (Å²) in [5.41, 5.74) is 3.14. The van der Waals surface area contributed by atoms with Gasteiger partial charge in [0.05, 0.1) is 0 Å². The molecule has 0 spiro atoms. The monoisotopic (exact) mass is 370 g/mol. The smallest absolute Gasteiger partial charge is 0.128 e. The summed E-state index contributed by atoms with van der Waals surface area (Å²) >= 11 is 7.00. The second-order valence-corrected chi connectivity index (χ2v) is 6.19. The molecule has 0 heterocycles. The largest absolute Gasteiger partial charge is 0.207 e. The van der Waals surface area contributed by atoms with Gasteiger partial charge in [-0.15, -0.1) is 0 Å². The lowest BCUT2D eigenvalue weighted by molar-refractivity contribution is 0.606. The van der Waals surface area contributed by atoms with Gasteiger partial charge >= 0.3 is 0 Å². The van der Waals surface area contributed by atoms with Crippen LogP contribution in [-0.2, 0) is 6.42 Å². The summed E-state index contributed by atoms with van der Waals surface area (Å²) in [6.45, 7) is 2.07. The van der Waals surface area contributed by atoms with E-state index in [0.717, 1.165) is 10.9 Å². The van der Waals surface area contributed by atoms with E-state index in [2.05, 4.69) is 50.9 Å². The molecule has 1 unspecified atom stereocenters. The number of hydrogen-bond donors (Lipinski definition) is 0. The topological polar surface area (TPSA) is 0 Å². The summed E-state index contributed by atoms with van der Waals surface area (Å²) in [6.07, 6.45) is 0.770. The summed E-state index contributed by atoms with van der Waals surface area (Å²) in [5, 5.41) is 0. The molecule has 0 aliphatic rings. The molecule has 18 heavy (non-hydrogen) atoms. The minimum absolute atomic E-state index is 0.0332. The van der Waals surface area contributed by atoms with Crippen LogP contribution in [0.15, 0.2) is 46.9 Å². The van der Waals surface area contributed by atoms with Gasteiger partial charge in [-0.25, -0.2) is 4.39 Å². The van der Waals surface area contributed by atoms with Crippen LogP contribution in [0, 0.1) is 12.7 Å². The third-order valence-electron chi connectivity index (χ3n) is 2.97. The number of halogens is 3. The van der Waals surface area contributed by atoms with Crippen LogP contribution in [0.3, 0.4) is 0 Å². The van der Waals surface area contributed by atoms with E-state index in [9.17, 15) is 4.39 Å². The van der Waals surface area contributed by atoms with Crippen molar-refractivity contribution in [2.45, 2.75) is 18.2 Å². The van der Waals surface area contributed by atoms with Crippen molar-refractivity contribution in [3.8, 4) is 0 Å². The SMILES string of the molecule is Cc1ccccc1CC(Br)c1c(F)cccc1Br. The molecule has 0 saturated heterocycles. The fourth-order valence-corrected chi connectivity index (χ4v) is 3.68. The molecule has 0 aliphatic carbocycles. The van der Waals surface area contributed by atoms with Crippen LogP contribution in [0.25, 0.3) is 0 Å². The van der Waals surface area contributed by atoms with Gasteiger partial charge < -0.3 is 0 Å². The summed E-state index contributed by atoms with van der Waals surface area (Å²) < 4.78 is 14.6. The van der Waals surface area contributed by atoms with Gasteiger partial charge in [0.25, 0.3) is 0 Å². The molecule has 0 N–H and O–H groups in total. The van der Waals surface area contributed by atoms with Crippen LogP contribution in [0.2, 0.25) is 0 Å². The summed E-state index contributed by atoms with van der Waals surface area (Å²) in [4.78, 5) is -0.0332. The second-order valence-electron chi connectivity index (χ2n) is 4.23. The van der Waals surface area contributed by atoms with Gasteiger partial charge in [0, 0.05) is 14.9 Å². The molecule has 0 fully saturated rings.